The van der Waals surface area contributed by atoms with E-state index in [4.69, 9.17) is 14.2 Å². The van der Waals surface area contributed by atoms with E-state index < -0.39 is 6.10 Å². The van der Waals surface area contributed by atoms with Crippen LogP contribution >= 0.6 is 0 Å². The van der Waals surface area contributed by atoms with Crippen LogP contribution in [0.4, 0.5) is 0 Å². The Bertz CT molecular complexity index is 1360. The van der Waals surface area contributed by atoms with Crippen LogP contribution in [-0.2, 0) is 28.6 Å². The molecule has 0 spiro atoms. The van der Waals surface area contributed by atoms with Gasteiger partial charge in [0.2, 0.25) is 0 Å². The average molecular weight is 1110 g/mol. The summed E-state index contributed by atoms with van der Waals surface area (Å²) in [5.74, 6) is -0.863. The van der Waals surface area contributed by atoms with E-state index in [0.29, 0.717) is 19.3 Å². The van der Waals surface area contributed by atoms with E-state index in [1.807, 2.05) is 0 Å². The molecule has 0 heterocycles. The van der Waals surface area contributed by atoms with Gasteiger partial charge < -0.3 is 14.2 Å². The van der Waals surface area contributed by atoms with E-state index in [1.165, 1.54) is 270 Å². The normalized spacial score (nSPS) is 12.3. The number of allylic oxidation sites excluding steroid dienone is 8. The molecule has 0 saturated heterocycles. The topological polar surface area (TPSA) is 78.9 Å². The summed E-state index contributed by atoms with van der Waals surface area (Å²) in [4.78, 5) is 38.4. The van der Waals surface area contributed by atoms with Gasteiger partial charge in [-0.15, -0.1) is 0 Å². The van der Waals surface area contributed by atoms with E-state index in [9.17, 15) is 14.4 Å². The summed E-state index contributed by atoms with van der Waals surface area (Å²) < 4.78 is 17.0. The minimum atomic E-state index is -0.779. The zero-order valence-electron chi connectivity index (χ0n) is 53.2. The third kappa shape index (κ3) is 66.1. The second kappa shape index (κ2) is 67.9. The van der Waals surface area contributed by atoms with Gasteiger partial charge in [-0.3, -0.25) is 14.4 Å². The van der Waals surface area contributed by atoms with Gasteiger partial charge in [-0.1, -0.05) is 307 Å². The van der Waals surface area contributed by atoms with Crippen LogP contribution in [0.1, 0.15) is 380 Å². The van der Waals surface area contributed by atoms with Gasteiger partial charge in [0.05, 0.1) is 0 Å². The number of unbranched alkanes of at least 4 members (excludes halogenated alkanes) is 46. The zero-order chi connectivity index (χ0) is 57.1. The van der Waals surface area contributed by atoms with Gasteiger partial charge in [0.1, 0.15) is 13.2 Å². The minimum Gasteiger partial charge on any atom is -0.462 e. The fraction of sp³-hybridized carbons (Fsp3) is 0.849. The van der Waals surface area contributed by atoms with Gasteiger partial charge in [-0.25, -0.2) is 0 Å². The van der Waals surface area contributed by atoms with Gasteiger partial charge in [0.25, 0.3) is 0 Å². The maximum absolute atomic E-state index is 12.9. The van der Waals surface area contributed by atoms with Crippen LogP contribution < -0.4 is 0 Å². The number of carbonyl (C=O) groups is 3. The zero-order valence-corrected chi connectivity index (χ0v) is 53.2. The molecule has 0 N–H and O–H groups in total. The first-order valence-corrected chi connectivity index (χ1v) is 35.1. The Kier molecular flexibility index (Phi) is 65.6. The van der Waals surface area contributed by atoms with Crippen molar-refractivity contribution in [3.63, 3.8) is 0 Å². The predicted molar refractivity (Wildman–Crippen MR) is 344 cm³/mol. The van der Waals surface area contributed by atoms with Crippen LogP contribution in [0.3, 0.4) is 0 Å². The highest BCUT2D eigenvalue weighted by atomic mass is 16.6. The Morgan fingerprint density at radius 3 is 0.709 bits per heavy atom. The first kappa shape index (κ1) is 76.4. The summed E-state index contributed by atoms with van der Waals surface area (Å²) >= 11 is 0. The number of carbonyl (C=O) groups excluding carboxylic acids is 3. The molecule has 0 aromatic carbocycles. The van der Waals surface area contributed by atoms with Crippen molar-refractivity contribution in [1.29, 1.82) is 0 Å². The first-order chi connectivity index (χ1) is 39.0. The molecular formula is C73H134O6. The van der Waals surface area contributed by atoms with Crippen molar-refractivity contribution in [3.8, 4) is 0 Å². The molecule has 0 aromatic rings. The maximum Gasteiger partial charge on any atom is 0.306 e. The molecule has 0 aliphatic rings. The highest BCUT2D eigenvalue weighted by Crippen LogP contribution is 2.17. The summed E-state index contributed by atoms with van der Waals surface area (Å²) in [6.45, 7) is 6.68. The lowest BCUT2D eigenvalue weighted by Crippen LogP contribution is -2.30. The molecule has 462 valence electrons. The van der Waals surface area contributed by atoms with E-state index in [0.717, 1.165) is 70.6 Å². The third-order valence-corrected chi connectivity index (χ3v) is 15.8. The van der Waals surface area contributed by atoms with Crippen LogP contribution in [0.25, 0.3) is 0 Å². The standard InChI is InChI=1S/C73H134O6/c1-4-7-10-13-16-19-22-25-28-30-32-34-35-36-37-39-40-42-45-48-51-54-57-60-63-66-72(75)78-69-70(68-77-71(74)65-62-59-56-53-50-47-44-27-24-21-18-15-12-9-6-3)79-73(76)67-64-61-58-55-52-49-46-43-41-38-33-31-29-26-23-20-17-14-11-8-5-2/h23,26-27,30-33,44,70H,4-22,24-25,28-29,34-43,45-69H2,1-3H3/b26-23-,32-30-,33-31-,44-27-. The lowest BCUT2D eigenvalue weighted by Gasteiger charge is -2.18. The summed E-state index contributed by atoms with van der Waals surface area (Å²) in [5.41, 5.74) is 0. The van der Waals surface area contributed by atoms with Crippen LogP contribution in [-0.4, -0.2) is 37.2 Å². The molecule has 79 heavy (non-hydrogen) atoms. The van der Waals surface area contributed by atoms with Crippen molar-refractivity contribution in [3.05, 3.63) is 48.6 Å². The molecule has 0 saturated carbocycles. The Balaban J connectivity index is 4.29. The van der Waals surface area contributed by atoms with E-state index in [2.05, 4.69) is 69.4 Å². The van der Waals surface area contributed by atoms with E-state index in [1.54, 1.807) is 0 Å². The van der Waals surface area contributed by atoms with Gasteiger partial charge in [-0.2, -0.15) is 0 Å². The van der Waals surface area contributed by atoms with Crippen molar-refractivity contribution >= 4 is 17.9 Å². The Hall–Kier alpha value is -2.63. The highest BCUT2D eigenvalue weighted by Gasteiger charge is 2.19. The van der Waals surface area contributed by atoms with Gasteiger partial charge in [-0.05, 0) is 103 Å². The molecule has 0 radical (unpaired) electrons. The minimum absolute atomic E-state index is 0.0744. The second-order valence-corrected chi connectivity index (χ2v) is 23.8. The fourth-order valence-corrected chi connectivity index (χ4v) is 10.5. The van der Waals surface area contributed by atoms with Crippen LogP contribution in [0.15, 0.2) is 48.6 Å². The molecule has 1 atom stereocenters. The summed E-state index contributed by atoms with van der Waals surface area (Å²) in [6.07, 6.45) is 85.6. The summed E-state index contributed by atoms with van der Waals surface area (Å²) in [5, 5.41) is 0. The van der Waals surface area contributed by atoms with Crippen LogP contribution in [0.5, 0.6) is 0 Å². The van der Waals surface area contributed by atoms with E-state index >= 15 is 0 Å². The third-order valence-electron chi connectivity index (χ3n) is 15.8. The van der Waals surface area contributed by atoms with Crippen molar-refractivity contribution in [2.75, 3.05) is 13.2 Å². The van der Waals surface area contributed by atoms with Crippen LogP contribution in [0, 0.1) is 0 Å². The molecular weight excluding hydrogens is 973 g/mol. The predicted octanol–water partition coefficient (Wildman–Crippen LogP) is 24.1. The number of ether oxygens (including phenoxy) is 3. The number of esters is 3. The number of hydrogen-bond donors (Lipinski definition) is 0. The lowest BCUT2D eigenvalue weighted by atomic mass is 10.0. The van der Waals surface area contributed by atoms with Crippen molar-refractivity contribution < 1.29 is 28.6 Å². The van der Waals surface area contributed by atoms with Crippen molar-refractivity contribution in [2.45, 2.75) is 386 Å². The summed E-state index contributed by atoms with van der Waals surface area (Å²) in [6, 6.07) is 0. The van der Waals surface area contributed by atoms with Gasteiger partial charge >= 0.3 is 17.9 Å². The molecule has 0 rings (SSSR count). The first-order valence-electron chi connectivity index (χ1n) is 35.1. The maximum atomic E-state index is 12.9. The SMILES string of the molecule is CCCCCCC/C=C\C/C=C\CCCCCCCCCCCC(=O)OC(COC(=O)CCCCCCC/C=C\CCCCCCCC)COC(=O)CCCCCCCCCCCCCCC/C=C\CCCCCCCCCC. The molecule has 0 aromatic heterocycles. The number of hydrogen-bond acceptors (Lipinski definition) is 6. The molecule has 6 nitrogen and oxygen atoms in total. The van der Waals surface area contributed by atoms with Crippen molar-refractivity contribution in [2.24, 2.45) is 0 Å². The monoisotopic (exact) mass is 1110 g/mol. The molecule has 0 fully saturated rings. The average Bonchev–Trinajstić information content (AvgIpc) is 3.45. The fourth-order valence-electron chi connectivity index (χ4n) is 10.5. The Morgan fingerprint density at radius 2 is 0.456 bits per heavy atom. The Labute approximate surface area is 492 Å². The van der Waals surface area contributed by atoms with Gasteiger partial charge in [0.15, 0.2) is 6.10 Å². The quantitative estimate of drug-likeness (QED) is 0.0261. The summed E-state index contributed by atoms with van der Waals surface area (Å²) in [7, 11) is 0. The molecule has 0 bridgehead atoms. The molecule has 0 aliphatic heterocycles. The molecule has 0 aliphatic carbocycles. The van der Waals surface area contributed by atoms with Crippen LogP contribution in [0.2, 0.25) is 0 Å². The van der Waals surface area contributed by atoms with E-state index in [-0.39, 0.29) is 31.1 Å². The van der Waals surface area contributed by atoms with Gasteiger partial charge in [0, 0.05) is 19.3 Å². The smallest absolute Gasteiger partial charge is 0.306 e. The lowest BCUT2D eigenvalue weighted by molar-refractivity contribution is -0.167. The largest absolute Gasteiger partial charge is 0.462 e. The Morgan fingerprint density at radius 1 is 0.253 bits per heavy atom. The van der Waals surface area contributed by atoms with Crippen molar-refractivity contribution in [1.82, 2.24) is 0 Å². The highest BCUT2D eigenvalue weighted by molar-refractivity contribution is 5.71. The molecule has 6 heteroatoms. The molecule has 1 unspecified atom stereocenters. The second-order valence-electron chi connectivity index (χ2n) is 23.8. The molecule has 0 amide bonds. The number of rotatable bonds is 65.